The molecule has 0 atom stereocenters. The Balaban J connectivity index is 0.00000134. The molecule has 2 aromatic carbocycles. The smallest absolute Gasteiger partial charge is 0.124 e. The molecule has 3 aromatic rings. The average molecular weight is 1760 g/mol. The number of hydrogen-bond donors (Lipinski definition) is 0. The van der Waals surface area contributed by atoms with Crippen LogP contribution in [0, 0.1) is 139 Å². The summed E-state index contributed by atoms with van der Waals surface area (Å²) < 4.78 is 50.3. The van der Waals surface area contributed by atoms with Crippen molar-refractivity contribution in [3.05, 3.63) is 83.5 Å². The van der Waals surface area contributed by atoms with E-state index in [9.17, 15) is 8.78 Å². The van der Waals surface area contributed by atoms with Gasteiger partial charge in [0.25, 0.3) is 0 Å². The normalized spacial score (nSPS) is 19.0. The lowest BCUT2D eigenvalue weighted by Crippen LogP contribution is -2.45. The Labute approximate surface area is 781 Å². The predicted molar refractivity (Wildman–Crippen MR) is 548 cm³/mol. The molecular formula is C117H219F2NO5. The summed E-state index contributed by atoms with van der Waals surface area (Å²) in [5, 5.41) is 3.83. The van der Waals surface area contributed by atoms with Gasteiger partial charge >= 0.3 is 0 Å². The SMILES string of the molecule is CC(C)(C)C1(C)CC1.CC(C)(C)C1(C2CC2)CC1.CC(C)(C)C1(CF)CC1.CC(C)(C)C1CC1.CC(C)(C)CC1CCC1.CC(C)(C)CC1COC1.CC(C)(C)CCc1ccc(F)cc1.CC(C)(C)Cc1ccon1.CC(C)C(C)(C)C.CCC(CC)C(C)(C)C.COCC1(C(C)(C)C)CC1.COCC1(C(C)(C)C)CCC1.COc1ccc(CC(C)(C)C)cc1. The number of nitrogens with zero attached hydrogens (tertiary/aromatic N) is 1. The predicted octanol–water partition coefficient (Wildman–Crippen LogP) is 37.4. The van der Waals surface area contributed by atoms with Gasteiger partial charge in [-0.15, -0.1) is 0 Å². The van der Waals surface area contributed by atoms with E-state index in [0.29, 0.717) is 81.2 Å². The molecule has 1 saturated heterocycles. The minimum absolute atomic E-state index is 0.0625. The molecule has 0 N–H and O–H groups in total. The molecule has 9 aliphatic rings. The molecule has 0 amide bonds. The summed E-state index contributed by atoms with van der Waals surface area (Å²) in [5.74, 6) is 6.57. The summed E-state index contributed by atoms with van der Waals surface area (Å²) in [5.41, 5.74) is 12.1. The fourth-order valence-electron chi connectivity index (χ4n) is 16.9. The van der Waals surface area contributed by atoms with Crippen LogP contribution in [0.2, 0.25) is 0 Å². The van der Waals surface area contributed by atoms with E-state index in [1.165, 1.54) is 152 Å². The first kappa shape index (κ1) is 122. The third-order valence-corrected chi connectivity index (χ3v) is 30.0. The maximum Gasteiger partial charge on any atom is 0.124 e. The molecule has 2 heterocycles. The van der Waals surface area contributed by atoms with Crippen molar-refractivity contribution in [3.8, 4) is 5.75 Å². The monoisotopic (exact) mass is 1760 g/mol. The highest BCUT2D eigenvalue weighted by molar-refractivity contribution is 5.27. The number of hydrogen-bond acceptors (Lipinski definition) is 6. The number of methoxy groups -OCH3 is 3. The van der Waals surface area contributed by atoms with Crippen LogP contribution in [0.15, 0.2) is 65.4 Å². The van der Waals surface area contributed by atoms with Crippen LogP contribution >= 0.6 is 0 Å². The van der Waals surface area contributed by atoms with Crippen LogP contribution in [-0.4, -0.2) is 59.6 Å². The van der Waals surface area contributed by atoms with Crippen LogP contribution in [0.1, 0.15) is 469 Å². The molecule has 12 rings (SSSR count). The first-order chi connectivity index (χ1) is 56.4. The van der Waals surface area contributed by atoms with Crippen LogP contribution in [0.25, 0.3) is 0 Å². The Morgan fingerprint density at radius 2 is 0.840 bits per heavy atom. The highest BCUT2D eigenvalue weighted by Gasteiger charge is 2.60. The summed E-state index contributed by atoms with van der Waals surface area (Å²) in [6, 6.07) is 17.0. The Kier molecular flexibility index (Phi) is 49.9. The number of benzene rings is 2. The van der Waals surface area contributed by atoms with Crippen LogP contribution in [-0.2, 0) is 33.5 Å². The van der Waals surface area contributed by atoms with Crippen molar-refractivity contribution >= 4 is 0 Å². The van der Waals surface area contributed by atoms with Gasteiger partial charge < -0.3 is 23.5 Å². The van der Waals surface area contributed by atoms with Gasteiger partial charge in [0.1, 0.15) is 17.8 Å². The van der Waals surface area contributed by atoms with E-state index < -0.39 is 0 Å². The van der Waals surface area contributed by atoms with E-state index in [1.54, 1.807) is 20.5 Å². The molecule has 6 nitrogen and oxygen atoms in total. The van der Waals surface area contributed by atoms with Crippen LogP contribution in [0.3, 0.4) is 0 Å². The van der Waals surface area contributed by atoms with E-state index in [-0.39, 0.29) is 23.3 Å². The lowest BCUT2D eigenvalue weighted by atomic mass is 9.55. The molecule has 0 bridgehead atoms. The zero-order valence-electron chi connectivity index (χ0n) is 92.9. The van der Waals surface area contributed by atoms with E-state index in [0.717, 1.165) is 117 Å². The summed E-state index contributed by atoms with van der Waals surface area (Å²) in [6.45, 7) is 104. The fourth-order valence-corrected chi connectivity index (χ4v) is 16.9. The van der Waals surface area contributed by atoms with E-state index in [4.69, 9.17) is 23.5 Å². The molecule has 0 radical (unpaired) electrons. The van der Waals surface area contributed by atoms with Gasteiger partial charge in [-0.05, 0) is 285 Å². The molecule has 8 heteroatoms. The van der Waals surface area contributed by atoms with Crippen molar-refractivity contribution < 1.29 is 32.3 Å². The Hall–Kier alpha value is -2.81. The van der Waals surface area contributed by atoms with E-state index in [1.807, 2.05) is 37.4 Å². The second-order valence-electron chi connectivity index (χ2n) is 55.7. The summed E-state index contributed by atoms with van der Waals surface area (Å²) in [7, 11) is 5.30. The second kappa shape index (κ2) is 51.0. The zero-order chi connectivity index (χ0) is 97.6. The molecule has 9 fully saturated rings. The molecule has 8 saturated carbocycles. The van der Waals surface area contributed by atoms with E-state index >= 15 is 0 Å². The third-order valence-electron chi connectivity index (χ3n) is 30.0. The first-order valence-electron chi connectivity index (χ1n) is 50.7. The standard InChI is InChI=1S/C12H17F.C12H18O.C10H20O.C10H18.C9H18O.C9H18.C9H20.C8H15F.C8H13NO.C8H16O.C8H16.C7H14.C7H16/c1-12(2,3)9-8-10-4-6-11(13)7-5-10;1-12(2,3)9-10-5-7-11(13-4)8-6-10;1-9(2,3)10(8-11-4)6-5-7-10;1-9(2,3)10(6-7-10)8-4-5-8;1-8(2,3)9(5-6-9)7-10-4;1-9(2,3)7-8-5-4-6-8;1-6-8(7-2)9(3,4)5;1-7(2,3)8(6-9)4-5-8;1-8(2,3)6-7-4-5-10-9-7;1-8(2,3)4-7-5-9-6-7;1-7(2,3)8(4)5-6-8;1-7(2,3)6-4-5-6;1-6(2)7(3,4)5/h4-7H,8-9H2,1-3H3;5-8H,9H2,1-4H3;5-8H2,1-4H3;8H,4-7H2,1-3H3;5-7H2,1-4H3;8H,4-7H2,1-3H3;8H,6-7H2,1-5H3;4-6H2,1-3H3;4-5H,6H2,1-3H3;7H,4-6H2,1-3H3;5-6H2,1-4H3;6H,4-5H2,1-3H3;6H,1-5H3. The number of aromatic nitrogens is 1. The highest BCUT2D eigenvalue weighted by atomic mass is 19.1. The van der Waals surface area contributed by atoms with Crippen molar-refractivity contribution in [2.24, 2.45) is 133 Å². The molecule has 736 valence electrons. The van der Waals surface area contributed by atoms with Gasteiger partial charge in [0.05, 0.1) is 45.9 Å². The molecule has 1 aromatic heterocycles. The van der Waals surface area contributed by atoms with Gasteiger partial charge in [-0.25, -0.2) is 4.39 Å². The van der Waals surface area contributed by atoms with E-state index in [2.05, 4.69) is 322 Å². The van der Waals surface area contributed by atoms with Crippen molar-refractivity contribution in [2.75, 3.05) is 54.4 Å². The van der Waals surface area contributed by atoms with Crippen molar-refractivity contribution in [2.45, 2.75) is 472 Å². The lowest BCUT2D eigenvalue weighted by molar-refractivity contribution is -0.0670. The third kappa shape index (κ3) is 51.9. The van der Waals surface area contributed by atoms with Crippen molar-refractivity contribution in [1.82, 2.24) is 5.16 Å². The first-order valence-corrected chi connectivity index (χ1v) is 50.7. The maximum absolute atomic E-state index is 12.6. The fraction of sp³-hybridized carbons (Fsp3) is 0.872. The van der Waals surface area contributed by atoms with Crippen LogP contribution in [0.4, 0.5) is 8.78 Å². The Bertz CT molecular complexity index is 3180. The average Bonchev–Trinajstić information content (AvgIpc) is 1.58. The highest BCUT2D eigenvalue weighted by Crippen LogP contribution is 2.69. The van der Waals surface area contributed by atoms with Gasteiger partial charge in [0.15, 0.2) is 0 Å². The van der Waals surface area contributed by atoms with Gasteiger partial charge in [0.2, 0.25) is 0 Å². The maximum atomic E-state index is 12.6. The number of aryl methyl sites for hydroxylation is 1. The zero-order valence-corrected chi connectivity index (χ0v) is 92.9. The minimum Gasteiger partial charge on any atom is -0.497 e. The molecule has 1 aliphatic heterocycles. The van der Waals surface area contributed by atoms with Gasteiger partial charge in [-0.2, -0.15) is 0 Å². The van der Waals surface area contributed by atoms with Crippen LogP contribution in [0.5, 0.6) is 5.75 Å². The quantitative estimate of drug-likeness (QED) is 0.151. The second-order valence-corrected chi connectivity index (χ2v) is 55.7. The molecule has 125 heavy (non-hydrogen) atoms. The number of ether oxygens (including phenoxy) is 4. The lowest BCUT2D eigenvalue weighted by Gasteiger charge is -2.51. The largest absolute Gasteiger partial charge is 0.497 e. The summed E-state index contributed by atoms with van der Waals surface area (Å²) in [4.78, 5) is 0. The number of rotatable bonds is 15. The van der Waals surface area contributed by atoms with Crippen LogP contribution < -0.4 is 4.74 Å². The van der Waals surface area contributed by atoms with Gasteiger partial charge in [-0.3, -0.25) is 4.39 Å². The van der Waals surface area contributed by atoms with Crippen molar-refractivity contribution in [1.29, 1.82) is 0 Å². The van der Waals surface area contributed by atoms with Gasteiger partial charge in [-0.1, -0.05) is 373 Å². The molecule has 0 unspecified atom stereocenters. The molecule has 8 aliphatic carbocycles. The van der Waals surface area contributed by atoms with Gasteiger partial charge in [0, 0.05) is 31.6 Å². The molecular weight excluding hydrogens is 1540 g/mol. The number of halogens is 2. The molecule has 0 spiro atoms. The number of alkyl halides is 1. The summed E-state index contributed by atoms with van der Waals surface area (Å²) in [6.07, 6.45) is 36.6. The summed E-state index contributed by atoms with van der Waals surface area (Å²) >= 11 is 0. The topological polar surface area (TPSA) is 63.0 Å². The van der Waals surface area contributed by atoms with Crippen molar-refractivity contribution in [3.63, 3.8) is 0 Å². The Morgan fingerprint density at radius 3 is 0.992 bits per heavy atom. The Morgan fingerprint density at radius 1 is 0.432 bits per heavy atom. The minimum atomic E-state index is -0.153.